The van der Waals surface area contributed by atoms with E-state index in [9.17, 15) is 4.79 Å². The van der Waals surface area contributed by atoms with Crippen molar-refractivity contribution in [3.05, 3.63) is 23.3 Å². The molecule has 1 aliphatic heterocycles. The van der Waals surface area contributed by atoms with E-state index in [0.29, 0.717) is 5.69 Å². The number of aromatic nitrogens is 2. The van der Waals surface area contributed by atoms with E-state index in [1.165, 1.54) is 0 Å². The molecule has 104 valence electrons. The number of hydrogen-bond acceptors (Lipinski definition) is 4. The summed E-state index contributed by atoms with van der Waals surface area (Å²) >= 11 is 0. The third-order valence-corrected chi connectivity index (χ3v) is 3.62. The molecule has 2 heterocycles. The SMILES string of the molecule is Cc1cc(C(=O)N(C)C)nc([C@@]2(C)CCCNC2)n1. The predicted molar refractivity (Wildman–Crippen MR) is 74.2 cm³/mol. The standard InChI is InChI=1S/C14H22N4O/c1-10-8-11(12(19)18(3)4)17-13(16-10)14(2)6-5-7-15-9-14/h8,15H,5-7,9H2,1-4H3/t14-/m0/s1. The minimum Gasteiger partial charge on any atom is -0.343 e. The Kier molecular flexibility index (Phi) is 3.85. The minimum absolute atomic E-state index is 0.0703. The molecule has 1 saturated heterocycles. The highest BCUT2D eigenvalue weighted by atomic mass is 16.2. The maximum Gasteiger partial charge on any atom is 0.272 e. The van der Waals surface area contributed by atoms with Crippen molar-refractivity contribution in [2.24, 2.45) is 0 Å². The van der Waals surface area contributed by atoms with Gasteiger partial charge in [0.2, 0.25) is 0 Å². The second-order valence-corrected chi connectivity index (χ2v) is 5.76. The fraction of sp³-hybridized carbons (Fsp3) is 0.643. The van der Waals surface area contributed by atoms with Gasteiger partial charge in [-0.05, 0) is 32.4 Å². The Morgan fingerprint density at radius 2 is 2.16 bits per heavy atom. The molecule has 19 heavy (non-hydrogen) atoms. The molecule has 1 aromatic rings. The Hall–Kier alpha value is -1.49. The number of aryl methyl sites for hydroxylation is 1. The van der Waals surface area contributed by atoms with Crippen molar-refractivity contribution in [2.75, 3.05) is 27.2 Å². The van der Waals surface area contributed by atoms with E-state index in [4.69, 9.17) is 0 Å². The van der Waals surface area contributed by atoms with E-state index >= 15 is 0 Å². The normalized spacial score (nSPS) is 23.2. The van der Waals surface area contributed by atoms with Gasteiger partial charge in [0.25, 0.3) is 5.91 Å². The van der Waals surface area contributed by atoms with Crippen molar-refractivity contribution >= 4 is 5.91 Å². The molecule has 1 aromatic heterocycles. The summed E-state index contributed by atoms with van der Waals surface area (Å²) in [6, 6.07) is 1.76. The summed E-state index contributed by atoms with van der Waals surface area (Å²) in [5.74, 6) is 0.712. The topological polar surface area (TPSA) is 58.1 Å². The van der Waals surface area contributed by atoms with Crippen LogP contribution in [0.3, 0.4) is 0 Å². The summed E-state index contributed by atoms with van der Waals surface area (Å²) in [7, 11) is 3.48. The molecule has 2 rings (SSSR count). The van der Waals surface area contributed by atoms with E-state index in [-0.39, 0.29) is 11.3 Å². The number of hydrogen-bond donors (Lipinski definition) is 1. The van der Waals surface area contributed by atoms with Crippen molar-refractivity contribution in [1.82, 2.24) is 20.2 Å². The lowest BCUT2D eigenvalue weighted by atomic mass is 9.82. The average Bonchev–Trinajstić information content (AvgIpc) is 2.38. The van der Waals surface area contributed by atoms with Crippen molar-refractivity contribution in [3.8, 4) is 0 Å². The second-order valence-electron chi connectivity index (χ2n) is 5.76. The molecule has 0 spiro atoms. The van der Waals surface area contributed by atoms with Gasteiger partial charge < -0.3 is 10.2 Å². The van der Waals surface area contributed by atoms with Crippen LogP contribution in [0.2, 0.25) is 0 Å². The molecule has 0 aromatic carbocycles. The summed E-state index contributed by atoms with van der Waals surface area (Å²) in [6.45, 7) is 5.99. The molecule has 5 nitrogen and oxygen atoms in total. The van der Waals surface area contributed by atoms with Crippen LogP contribution in [0, 0.1) is 6.92 Å². The van der Waals surface area contributed by atoms with Crippen LogP contribution < -0.4 is 5.32 Å². The molecule has 1 fully saturated rings. The van der Waals surface area contributed by atoms with Crippen LogP contribution in [0.25, 0.3) is 0 Å². The lowest BCUT2D eigenvalue weighted by molar-refractivity contribution is 0.0820. The highest BCUT2D eigenvalue weighted by Gasteiger charge is 2.32. The van der Waals surface area contributed by atoms with Gasteiger partial charge in [0.05, 0.1) is 0 Å². The minimum atomic E-state index is -0.0778. The number of amides is 1. The van der Waals surface area contributed by atoms with Crippen LogP contribution in [0.15, 0.2) is 6.07 Å². The molecular formula is C14H22N4O. The highest BCUT2D eigenvalue weighted by Crippen LogP contribution is 2.28. The van der Waals surface area contributed by atoms with E-state index in [0.717, 1.165) is 37.4 Å². The predicted octanol–water partition coefficient (Wildman–Crippen LogP) is 1.13. The quantitative estimate of drug-likeness (QED) is 0.868. The first-order valence-electron chi connectivity index (χ1n) is 6.71. The number of carbonyl (C=O) groups excluding carboxylic acids is 1. The Morgan fingerprint density at radius 3 is 2.74 bits per heavy atom. The van der Waals surface area contributed by atoms with Crippen molar-refractivity contribution < 1.29 is 4.79 Å². The zero-order chi connectivity index (χ0) is 14.0. The lowest BCUT2D eigenvalue weighted by Crippen LogP contribution is -2.42. The summed E-state index contributed by atoms with van der Waals surface area (Å²) in [6.07, 6.45) is 2.17. The highest BCUT2D eigenvalue weighted by molar-refractivity contribution is 5.92. The van der Waals surface area contributed by atoms with Crippen LogP contribution in [-0.4, -0.2) is 48.0 Å². The molecule has 1 atom stereocenters. The summed E-state index contributed by atoms with van der Waals surface area (Å²) in [5, 5.41) is 3.39. The average molecular weight is 262 g/mol. The van der Waals surface area contributed by atoms with Gasteiger partial charge in [-0.25, -0.2) is 9.97 Å². The Balaban J connectivity index is 2.38. The van der Waals surface area contributed by atoms with Crippen LogP contribution in [0.5, 0.6) is 0 Å². The number of carbonyl (C=O) groups is 1. The maximum atomic E-state index is 12.1. The molecule has 0 aliphatic carbocycles. The first-order chi connectivity index (χ1) is 8.92. The first-order valence-corrected chi connectivity index (χ1v) is 6.71. The molecule has 1 amide bonds. The van der Waals surface area contributed by atoms with Gasteiger partial charge >= 0.3 is 0 Å². The van der Waals surface area contributed by atoms with Gasteiger partial charge in [0, 0.05) is 31.7 Å². The number of piperidine rings is 1. The third-order valence-electron chi connectivity index (χ3n) is 3.62. The van der Waals surface area contributed by atoms with Gasteiger partial charge in [0.15, 0.2) is 0 Å². The smallest absolute Gasteiger partial charge is 0.272 e. The van der Waals surface area contributed by atoms with Crippen LogP contribution >= 0.6 is 0 Å². The molecule has 5 heteroatoms. The Bertz CT molecular complexity index is 478. The third kappa shape index (κ3) is 2.92. The van der Waals surface area contributed by atoms with Gasteiger partial charge in [-0.1, -0.05) is 6.92 Å². The number of nitrogens with one attached hydrogen (secondary N) is 1. The van der Waals surface area contributed by atoms with Crippen LogP contribution in [0.1, 0.15) is 41.8 Å². The van der Waals surface area contributed by atoms with Crippen LogP contribution in [0.4, 0.5) is 0 Å². The largest absolute Gasteiger partial charge is 0.343 e. The first kappa shape index (κ1) is 13.9. The zero-order valence-corrected chi connectivity index (χ0v) is 12.2. The van der Waals surface area contributed by atoms with E-state index in [2.05, 4.69) is 22.2 Å². The fourth-order valence-electron chi connectivity index (χ4n) is 2.42. The maximum absolute atomic E-state index is 12.1. The number of rotatable bonds is 2. The van der Waals surface area contributed by atoms with Crippen molar-refractivity contribution in [3.63, 3.8) is 0 Å². The summed E-state index contributed by atoms with van der Waals surface area (Å²) < 4.78 is 0. The van der Waals surface area contributed by atoms with Gasteiger partial charge in [-0.2, -0.15) is 0 Å². The molecular weight excluding hydrogens is 240 g/mol. The van der Waals surface area contributed by atoms with E-state index in [1.54, 1.807) is 25.1 Å². The number of nitrogens with zero attached hydrogens (tertiary/aromatic N) is 3. The monoisotopic (exact) mass is 262 g/mol. The fourth-order valence-corrected chi connectivity index (χ4v) is 2.42. The van der Waals surface area contributed by atoms with Gasteiger partial charge in [0.1, 0.15) is 11.5 Å². The van der Waals surface area contributed by atoms with E-state index in [1.807, 2.05) is 6.92 Å². The molecule has 1 N–H and O–H groups in total. The Morgan fingerprint density at radius 1 is 1.42 bits per heavy atom. The van der Waals surface area contributed by atoms with Gasteiger partial charge in [-0.15, -0.1) is 0 Å². The van der Waals surface area contributed by atoms with Crippen molar-refractivity contribution in [1.29, 1.82) is 0 Å². The molecule has 0 saturated carbocycles. The summed E-state index contributed by atoms with van der Waals surface area (Å²) in [4.78, 5) is 22.7. The molecule has 0 unspecified atom stereocenters. The molecule has 0 bridgehead atoms. The van der Waals surface area contributed by atoms with Gasteiger partial charge in [-0.3, -0.25) is 4.79 Å². The zero-order valence-electron chi connectivity index (χ0n) is 12.2. The molecule has 1 aliphatic rings. The summed E-state index contributed by atoms with van der Waals surface area (Å²) in [5.41, 5.74) is 1.26. The molecule has 0 radical (unpaired) electrons. The van der Waals surface area contributed by atoms with Crippen molar-refractivity contribution in [2.45, 2.75) is 32.1 Å². The second kappa shape index (κ2) is 5.25. The lowest BCUT2D eigenvalue weighted by Gasteiger charge is -2.33. The van der Waals surface area contributed by atoms with E-state index < -0.39 is 0 Å². The van der Waals surface area contributed by atoms with Crippen LogP contribution in [-0.2, 0) is 5.41 Å². The Labute approximate surface area is 114 Å².